The van der Waals surface area contributed by atoms with Gasteiger partial charge in [-0.1, -0.05) is 6.07 Å². The third-order valence-electron chi connectivity index (χ3n) is 3.68. The SMILES string of the molecule is Cn1c(C(=O)N2CCCC2)cc2c(O)cccc21. The van der Waals surface area contributed by atoms with E-state index in [0.717, 1.165) is 36.8 Å². The quantitative estimate of drug-likeness (QED) is 0.835. The lowest BCUT2D eigenvalue weighted by atomic mass is 10.2. The summed E-state index contributed by atoms with van der Waals surface area (Å²) in [7, 11) is 1.87. The largest absolute Gasteiger partial charge is 0.507 e. The highest BCUT2D eigenvalue weighted by Gasteiger charge is 2.23. The molecule has 1 N–H and O–H groups in total. The van der Waals surface area contributed by atoms with E-state index in [1.807, 2.05) is 22.6 Å². The van der Waals surface area contributed by atoms with Crippen LogP contribution in [0.2, 0.25) is 0 Å². The molecule has 2 aromatic rings. The van der Waals surface area contributed by atoms with Crippen LogP contribution >= 0.6 is 0 Å². The van der Waals surface area contributed by atoms with Gasteiger partial charge in [0.1, 0.15) is 11.4 Å². The average Bonchev–Trinajstić information content (AvgIpc) is 2.98. The molecule has 1 fully saturated rings. The van der Waals surface area contributed by atoms with E-state index in [-0.39, 0.29) is 11.7 Å². The van der Waals surface area contributed by atoms with Crippen molar-refractivity contribution in [2.75, 3.05) is 13.1 Å². The number of fused-ring (bicyclic) bond motifs is 1. The minimum Gasteiger partial charge on any atom is -0.507 e. The zero-order chi connectivity index (χ0) is 12.7. The summed E-state index contributed by atoms with van der Waals surface area (Å²) < 4.78 is 1.86. The van der Waals surface area contributed by atoms with Gasteiger partial charge in [0, 0.05) is 25.5 Å². The van der Waals surface area contributed by atoms with Gasteiger partial charge in [-0.05, 0) is 31.0 Å². The van der Waals surface area contributed by atoms with E-state index in [0.29, 0.717) is 5.69 Å². The third kappa shape index (κ3) is 1.56. The third-order valence-corrected chi connectivity index (χ3v) is 3.68. The maximum atomic E-state index is 12.4. The predicted molar refractivity (Wildman–Crippen MR) is 69.7 cm³/mol. The number of carbonyl (C=O) groups excluding carboxylic acids is 1. The second-order valence-electron chi connectivity index (χ2n) is 4.80. The average molecular weight is 244 g/mol. The van der Waals surface area contributed by atoms with Crippen molar-refractivity contribution in [3.05, 3.63) is 30.0 Å². The Morgan fingerprint density at radius 2 is 2.00 bits per heavy atom. The maximum Gasteiger partial charge on any atom is 0.270 e. The van der Waals surface area contributed by atoms with Crippen LogP contribution in [-0.2, 0) is 7.05 Å². The minimum absolute atomic E-state index is 0.0607. The van der Waals surface area contributed by atoms with Gasteiger partial charge in [0.25, 0.3) is 5.91 Å². The van der Waals surface area contributed by atoms with Crippen molar-refractivity contribution in [3.63, 3.8) is 0 Å². The number of benzene rings is 1. The molecule has 0 unspecified atom stereocenters. The van der Waals surface area contributed by atoms with Crippen molar-refractivity contribution in [1.29, 1.82) is 0 Å². The van der Waals surface area contributed by atoms with Crippen LogP contribution in [0.25, 0.3) is 10.9 Å². The number of aromatic hydroxyl groups is 1. The van der Waals surface area contributed by atoms with Crippen LogP contribution in [0.5, 0.6) is 5.75 Å². The molecule has 1 amide bonds. The lowest BCUT2D eigenvalue weighted by molar-refractivity contribution is 0.0784. The standard InChI is InChI=1S/C14H16N2O2/c1-15-11-5-4-6-13(17)10(11)9-12(15)14(18)16-7-2-3-8-16/h4-6,9,17H,2-3,7-8H2,1H3. The fourth-order valence-electron chi connectivity index (χ4n) is 2.63. The number of nitrogens with zero attached hydrogens (tertiary/aromatic N) is 2. The molecule has 0 atom stereocenters. The summed E-state index contributed by atoms with van der Waals surface area (Å²) in [5.74, 6) is 0.286. The van der Waals surface area contributed by atoms with Gasteiger partial charge in [0.2, 0.25) is 0 Å². The van der Waals surface area contributed by atoms with Crippen LogP contribution in [0, 0.1) is 0 Å². The van der Waals surface area contributed by atoms with E-state index >= 15 is 0 Å². The molecular weight excluding hydrogens is 228 g/mol. The Bertz CT molecular complexity index is 610. The fourth-order valence-corrected chi connectivity index (χ4v) is 2.63. The molecule has 1 aromatic carbocycles. The summed E-state index contributed by atoms with van der Waals surface area (Å²) >= 11 is 0. The minimum atomic E-state index is 0.0607. The van der Waals surface area contributed by atoms with Gasteiger partial charge in [0.15, 0.2) is 0 Å². The number of aromatic nitrogens is 1. The summed E-state index contributed by atoms with van der Waals surface area (Å²) in [6.07, 6.45) is 2.17. The molecule has 18 heavy (non-hydrogen) atoms. The van der Waals surface area contributed by atoms with Crippen LogP contribution < -0.4 is 0 Å². The number of hydrogen-bond donors (Lipinski definition) is 1. The summed E-state index contributed by atoms with van der Waals surface area (Å²) in [5, 5.41) is 10.6. The highest BCUT2D eigenvalue weighted by molar-refractivity contribution is 6.00. The first-order chi connectivity index (χ1) is 8.68. The van der Waals surface area contributed by atoms with E-state index in [2.05, 4.69) is 0 Å². The molecule has 0 spiro atoms. The molecule has 1 saturated heterocycles. The van der Waals surface area contributed by atoms with Crippen molar-refractivity contribution in [2.24, 2.45) is 7.05 Å². The first-order valence-corrected chi connectivity index (χ1v) is 6.25. The first kappa shape index (κ1) is 11.1. The molecule has 1 aromatic heterocycles. The lowest BCUT2D eigenvalue weighted by Crippen LogP contribution is -2.29. The molecule has 4 nitrogen and oxygen atoms in total. The number of amides is 1. The van der Waals surface area contributed by atoms with Gasteiger partial charge >= 0.3 is 0 Å². The molecule has 1 aliphatic heterocycles. The van der Waals surface area contributed by atoms with Crippen LogP contribution in [0.1, 0.15) is 23.3 Å². The van der Waals surface area contributed by atoms with Crippen molar-refractivity contribution in [3.8, 4) is 5.75 Å². The van der Waals surface area contributed by atoms with E-state index in [1.54, 1.807) is 18.2 Å². The Morgan fingerprint density at radius 3 is 2.67 bits per heavy atom. The van der Waals surface area contributed by atoms with Crippen LogP contribution in [0.15, 0.2) is 24.3 Å². The predicted octanol–water partition coefficient (Wildman–Crippen LogP) is 2.12. The maximum absolute atomic E-state index is 12.4. The van der Waals surface area contributed by atoms with Gasteiger partial charge in [0.05, 0.1) is 5.52 Å². The number of rotatable bonds is 1. The number of likely N-dealkylation sites (tertiary alicyclic amines) is 1. The summed E-state index contributed by atoms with van der Waals surface area (Å²) in [6, 6.07) is 7.13. The number of phenolic OH excluding ortho intramolecular Hbond substituents is 1. The Balaban J connectivity index is 2.09. The normalized spacial score (nSPS) is 15.5. The van der Waals surface area contributed by atoms with Gasteiger partial charge in [-0.2, -0.15) is 0 Å². The topological polar surface area (TPSA) is 45.5 Å². The second kappa shape index (κ2) is 4.05. The molecule has 0 saturated carbocycles. The monoisotopic (exact) mass is 244 g/mol. The molecule has 1 aliphatic rings. The summed E-state index contributed by atoms with van der Waals surface area (Å²) in [5.41, 5.74) is 1.53. The molecule has 0 bridgehead atoms. The molecule has 0 radical (unpaired) electrons. The Labute approximate surface area is 105 Å². The smallest absolute Gasteiger partial charge is 0.270 e. The van der Waals surface area contributed by atoms with Gasteiger partial charge in [-0.15, -0.1) is 0 Å². The fraction of sp³-hybridized carbons (Fsp3) is 0.357. The van der Waals surface area contributed by atoms with E-state index in [1.165, 1.54) is 0 Å². The highest BCUT2D eigenvalue weighted by Crippen LogP contribution is 2.28. The summed E-state index contributed by atoms with van der Waals surface area (Å²) in [4.78, 5) is 14.3. The highest BCUT2D eigenvalue weighted by atomic mass is 16.3. The Morgan fingerprint density at radius 1 is 1.28 bits per heavy atom. The van der Waals surface area contributed by atoms with E-state index < -0.39 is 0 Å². The number of carbonyl (C=O) groups is 1. The van der Waals surface area contributed by atoms with Crippen molar-refractivity contribution in [2.45, 2.75) is 12.8 Å². The number of aryl methyl sites for hydroxylation is 1. The zero-order valence-corrected chi connectivity index (χ0v) is 10.4. The second-order valence-corrected chi connectivity index (χ2v) is 4.80. The van der Waals surface area contributed by atoms with Crippen molar-refractivity contribution in [1.82, 2.24) is 9.47 Å². The Hall–Kier alpha value is -1.97. The number of hydrogen-bond acceptors (Lipinski definition) is 2. The van der Waals surface area contributed by atoms with Crippen LogP contribution in [0.4, 0.5) is 0 Å². The van der Waals surface area contributed by atoms with E-state index in [4.69, 9.17) is 0 Å². The number of phenols is 1. The van der Waals surface area contributed by atoms with Gasteiger partial charge in [-0.25, -0.2) is 0 Å². The molecular formula is C14H16N2O2. The van der Waals surface area contributed by atoms with Crippen molar-refractivity contribution < 1.29 is 9.90 Å². The lowest BCUT2D eigenvalue weighted by Gasteiger charge is -2.15. The molecule has 3 rings (SSSR count). The zero-order valence-electron chi connectivity index (χ0n) is 10.4. The van der Waals surface area contributed by atoms with Gasteiger partial charge in [-0.3, -0.25) is 4.79 Å². The molecule has 4 heteroatoms. The van der Waals surface area contributed by atoms with Gasteiger partial charge < -0.3 is 14.6 Å². The Kier molecular flexibility index (Phi) is 2.51. The van der Waals surface area contributed by atoms with Crippen LogP contribution in [-0.4, -0.2) is 33.6 Å². The van der Waals surface area contributed by atoms with E-state index in [9.17, 15) is 9.90 Å². The molecule has 2 heterocycles. The first-order valence-electron chi connectivity index (χ1n) is 6.25. The molecule has 94 valence electrons. The van der Waals surface area contributed by atoms with Crippen LogP contribution in [0.3, 0.4) is 0 Å². The van der Waals surface area contributed by atoms with Crippen molar-refractivity contribution >= 4 is 16.8 Å². The summed E-state index contributed by atoms with van der Waals surface area (Å²) in [6.45, 7) is 1.68. The molecule has 0 aliphatic carbocycles.